The molecule has 2 heterocycles. The van der Waals surface area contributed by atoms with Gasteiger partial charge in [0.1, 0.15) is 5.76 Å². The van der Waals surface area contributed by atoms with Crippen LogP contribution in [0.4, 0.5) is 0 Å². The topological polar surface area (TPSA) is 43.0 Å². The summed E-state index contributed by atoms with van der Waals surface area (Å²) in [4.78, 5) is 0. The standard InChI is InChI=1S/C14H18BrN3O/c1-9-14(15)10(2)18(17-9)7-13-5-11(8-19-13)6-16-12-3-4-12/h5,8,12,16H,3-4,6-7H2,1-2H3. The van der Waals surface area contributed by atoms with E-state index in [4.69, 9.17) is 4.42 Å². The lowest BCUT2D eigenvalue weighted by Gasteiger charge is -2.01. The van der Waals surface area contributed by atoms with Crippen molar-refractivity contribution in [3.63, 3.8) is 0 Å². The molecule has 0 aliphatic heterocycles. The van der Waals surface area contributed by atoms with E-state index >= 15 is 0 Å². The van der Waals surface area contributed by atoms with Gasteiger partial charge in [0.25, 0.3) is 0 Å². The highest BCUT2D eigenvalue weighted by Crippen LogP contribution is 2.22. The molecule has 19 heavy (non-hydrogen) atoms. The third-order valence-electron chi connectivity index (χ3n) is 3.48. The maximum Gasteiger partial charge on any atom is 0.125 e. The van der Waals surface area contributed by atoms with Crippen LogP contribution in [0.3, 0.4) is 0 Å². The molecule has 1 N–H and O–H groups in total. The van der Waals surface area contributed by atoms with Crippen LogP contribution in [0, 0.1) is 13.8 Å². The van der Waals surface area contributed by atoms with Crippen molar-refractivity contribution in [3.8, 4) is 0 Å². The summed E-state index contributed by atoms with van der Waals surface area (Å²) in [7, 11) is 0. The van der Waals surface area contributed by atoms with E-state index in [0.29, 0.717) is 6.54 Å². The second kappa shape index (κ2) is 5.13. The van der Waals surface area contributed by atoms with E-state index in [2.05, 4.69) is 39.3 Å². The fourth-order valence-electron chi connectivity index (χ4n) is 2.13. The first-order valence-electron chi connectivity index (χ1n) is 6.62. The molecule has 3 rings (SSSR count). The van der Waals surface area contributed by atoms with Gasteiger partial charge in [0.15, 0.2) is 0 Å². The van der Waals surface area contributed by atoms with E-state index in [9.17, 15) is 0 Å². The number of halogens is 1. The number of furan rings is 1. The lowest BCUT2D eigenvalue weighted by molar-refractivity contribution is 0.474. The minimum atomic E-state index is 0.682. The molecular formula is C14H18BrN3O. The number of nitrogens with one attached hydrogen (secondary N) is 1. The molecule has 5 heteroatoms. The SMILES string of the molecule is Cc1nn(Cc2cc(CNC3CC3)co2)c(C)c1Br. The molecule has 0 unspecified atom stereocenters. The summed E-state index contributed by atoms with van der Waals surface area (Å²) in [5, 5.41) is 7.98. The van der Waals surface area contributed by atoms with Crippen molar-refractivity contribution in [3.05, 3.63) is 39.5 Å². The molecule has 4 nitrogen and oxygen atoms in total. The summed E-state index contributed by atoms with van der Waals surface area (Å²) in [6.45, 7) is 5.64. The van der Waals surface area contributed by atoms with Gasteiger partial charge in [0.05, 0.1) is 28.7 Å². The van der Waals surface area contributed by atoms with Gasteiger partial charge in [0, 0.05) is 18.2 Å². The van der Waals surface area contributed by atoms with E-state index in [1.165, 1.54) is 18.4 Å². The monoisotopic (exact) mass is 323 g/mol. The lowest BCUT2D eigenvalue weighted by Crippen LogP contribution is -2.14. The summed E-state index contributed by atoms with van der Waals surface area (Å²) >= 11 is 3.54. The molecule has 0 bridgehead atoms. The average Bonchev–Trinajstić information content (AvgIpc) is 3.08. The highest BCUT2D eigenvalue weighted by Gasteiger charge is 2.20. The number of rotatable bonds is 5. The number of hydrogen-bond acceptors (Lipinski definition) is 3. The van der Waals surface area contributed by atoms with Crippen LogP contribution >= 0.6 is 15.9 Å². The van der Waals surface area contributed by atoms with Crippen LogP contribution in [-0.2, 0) is 13.1 Å². The van der Waals surface area contributed by atoms with Crippen molar-refractivity contribution < 1.29 is 4.42 Å². The molecule has 0 saturated heterocycles. The van der Waals surface area contributed by atoms with Gasteiger partial charge in [0.2, 0.25) is 0 Å². The van der Waals surface area contributed by atoms with Crippen LogP contribution in [0.2, 0.25) is 0 Å². The molecule has 0 aromatic carbocycles. The Labute approximate surface area is 121 Å². The van der Waals surface area contributed by atoms with Crippen molar-refractivity contribution in [1.82, 2.24) is 15.1 Å². The van der Waals surface area contributed by atoms with Crippen LogP contribution in [0.5, 0.6) is 0 Å². The van der Waals surface area contributed by atoms with Gasteiger partial charge in [-0.1, -0.05) is 0 Å². The van der Waals surface area contributed by atoms with Crippen LogP contribution in [-0.4, -0.2) is 15.8 Å². The Morgan fingerprint density at radius 3 is 2.89 bits per heavy atom. The summed E-state index contributed by atoms with van der Waals surface area (Å²) in [6.07, 6.45) is 4.46. The Balaban J connectivity index is 1.66. The number of hydrogen-bond donors (Lipinski definition) is 1. The average molecular weight is 324 g/mol. The van der Waals surface area contributed by atoms with Gasteiger partial charge in [-0.3, -0.25) is 4.68 Å². The van der Waals surface area contributed by atoms with Crippen molar-refractivity contribution in [2.24, 2.45) is 0 Å². The predicted molar refractivity (Wildman–Crippen MR) is 77.1 cm³/mol. The Bertz CT molecular complexity index is 584. The highest BCUT2D eigenvalue weighted by atomic mass is 79.9. The predicted octanol–water partition coefficient (Wildman–Crippen LogP) is 3.16. The zero-order valence-corrected chi connectivity index (χ0v) is 12.8. The molecule has 0 amide bonds. The molecule has 1 saturated carbocycles. The lowest BCUT2D eigenvalue weighted by atomic mass is 10.3. The van der Waals surface area contributed by atoms with Crippen LogP contribution in [0.25, 0.3) is 0 Å². The van der Waals surface area contributed by atoms with E-state index < -0.39 is 0 Å². The van der Waals surface area contributed by atoms with Crippen molar-refractivity contribution in [2.45, 2.75) is 45.8 Å². The van der Waals surface area contributed by atoms with Crippen molar-refractivity contribution in [1.29, 1.82) is 0 Å². The molecule has 2 aromatic heterocycles. The molecule has 2 aromatic rings. The third-order valence-corrected chi connectivity index (χ3v) is 4.63. The molecular weight excluding hydrogens is 306 g/mol. The summed E-state index contributed by atoms with van der Waals surface area (Å²) < 4.78 is 8.66. The Morgan fingerprint density at radius 2 is 2.26 bits per heavy atom. The molecule has 1 aliphatic rings. The third kappa shape index (κ3) is 2.92. The number of aryl methyl sites for hydroxylation is 1. The zero-order chi connectivity index (χ0) is 13.4. The fourth-order valence-corrected chi connectivity index (χ4v) is 2.41. The number of nitrogens with zero attached hydrogens (tertiary/aromatic N) is 2. The molecule has 1 aliphatic carbocycles. The Kier molecular flexibility index (Phi) is 3.50. The molecule has 1 fully saturated rings. The molecule has 102 valence electrons. The fraction of sp³-hybridized carbons (Fsp3) is 0.500. The van der Waals surface area contributed by atoms with Gasteiger partial charge < -0.3 is 9.73 Å². The van der Waals surface area contributed by atoms with Crippen LogP contribution < -0.4 is 5.32 Å². The normalized spacial score (nSPS) is 15.1. The maximum atomic E-state index is 5.61. The Hall–Kier alpha value is -1.07. The van der Waals surface area contributed by atoms with E-state index in [-0.39, 0.29) is 0 Å². The molecule has 0 atom stereocenters. The van der Waals surface area contributed by atoms with Gasteiger partial charge in [-0.2, -0.15) is 5.10 Å². The summed E-state index contributed by atoms with van der Waals surface area (Å²) in [6, 6.07) is 2.84. The minimum absolute atomic E-state index is 0.682. The van der Waals surface area contributed by atoms with Gasteiger partial charge in [-0.15, -0.1) is 0 Å². The van der Waals surface area contributed by atoms with Gasteiger partial charge >= 0.3 is 0 Å². The summed E-state index contributed by atoms with van der Waals surface area (Å²) in [5.74, 6) is 0.950. The van der Waals surface area contributed by atoms with Gasteiger partial charge in [-0.05, 0) is 48.7 Å². The first-order valence-corrected chi connectivity index (χ1v) is 7.42. The quantitative estimate of drug-likeness (QED) is 0.919. The van der Waals surface area contributed by atoms with E-state index in [1.54, 1.807) is 0 Å². The van der Waals surface area contributed by atoms with Crippen molar-refractivity contribution in [2.75, 3.05) is 0 Å². The Morgan fingerprint density at radius 1 is 1.47 bits per heavy atom. The largest absolute Gasteiger partial charge is 0.467 e. The zero-order valence-electron chi connectivity index (χ0n) is 11.2. The van der Waals surface area contributed by atoms with Crippen LogP contribution in [0.1, 0.15) is 35.6 Å². The van der Waals surface area contributed by atoms with E-state index in [0.717, 1.165) is 34.2 Å². The highest BCUT2D eigenvalue weighted by molar-refractivity contribution is 9.10. The van der Waals surface area contributed by atoms with Gasteiger partial charge in [-0.25, -0.2) is 0 Å². The number of aromatic nitrogens is 2. The maximum absolute atomic E-state index is 5.61. The first-order chi connectivity index (χ1) is 9.13. The van der Waals surface area contributed by atoms with E-state index in [1.807, 2.05) is 17.9 Å². The minimum Gasteiger partial charge on any atom is -0.467 e. The smallest absolute Gasteiger partial charge is 0.125 e. The van der Waals surface area contributed by atoms with Crippen molar-refractivity contribution >= 4 is 15.9 Å². The molecule has 0 spiro atoms. The second-order valence-corrected chi connectivity index (χ2v) is 6.01. The van der Waals surface area contributed by atoms with Crippen LogP contribution in [0.15, 0.2) is 21.2 Å². The first kappa shape index (κ1) is 12.9. The molecule has 0 radical (unpaired) electrons. The second-order valence-electron chi connectivity index (χ2n) is 5.22. The summed E-state index contributed by atoms with van der Waals surface area (Å²) in [5.41, 5.74) is 3.36.